The molecule has 0 bridgehead atoms. The lowest BCUT2D eigenvalue weighted by Gasteiger charge is -2.27. The number of benzene rings is 1. The van der Waals surface area contributed by atoms with E-state index in [1.807, 2.05) is 0 Å². The van der Waals surface area contributed by atoms with Crippen LogP contribution in [0.3, 0.4) is 0 Å². The largest absolute Gasteiger partial charge is 0.0625 e. The van der Waals surface area contributed by atoms with Crippen molar-refractivity contribution in [3.05, 3.63) is 35.4 Å². The molecule has 0 atom stereocenters. The second-order valence-electron chi connectivity index (χ2n) is 7.57. The molecule has 0 heteroatoms. The zero-order valence-corrected chi connectivity index (χ0v) is 13.2. The Balaban J connectivity index is 1.96. The molecule has 0 spiro atoms. The van der Waals surface area contributed by atoms with Crippen molar-refractivity contribution in [1.82, 2.24) is 0 Å². The molecule has 0 saturated heterocycles. The fourth-order valence-corrected chi connectivity index (χ4v) is 3.45. The van der Waals surface area contributed by atoms with Gasteiger partial charge in [0, 0.05) is 0 Å². The predicted octanol–water partition coefficient (Wildman–Crippen LogP) is 5.74. The van der Waals surface area contributed by atoms with Gasteiger partial charge in [0.1, 0.15) is 0 Å². The minimum atomic E-state index is 0.275. The highest BCUT2D eigenvalue weighted by Crippen LogP contribution is 2.33. The quantitative estimate of drug-likeness (QED) is 0.648. The van der Waals surface area contributed by atoms with Crippen LogP contribution in [0.4, 0.5) is 0 Å². The Morgan fingerprint density at radius 1 is 1.00 bits per heavy atom. The monoisotopic (exact) mass is 258 g/mol. The van der Waals surface area contributed by atoms with Gasteiger partial charge < -0.3 is 0 Å². The van der Waals surface area contributed by atoms with E-state index in [0.717, 1.165) is 11.8 Å². The number of rotatable bonds is 3. The maximum absolute atomic E-state index is 2.41. The van der Waals surface area contributed by atoms with Crippen molar-refractivity contribution >= 4 is 0 Å². The van der Waals surface area contributed by atoms with E-state index in [9.17, 15) is 0 Å². The third-order valence-electron chi connectivity index (χ3n) is 4.78. The summed E-state index contributed by atoms with van der Waals surface area (Å²) >= 11 is 0. The first-order chi connectivity index (χ1) is 8.97. The number of hydrogen-bond donors (Lipinski definition) is 0. The lowest BCUT2D eigenvalue weighted by atomic mass is 9.78. The van der Waals surface area contributed by atoms with Crippen LogP contribution in [0.2, 0.25) is 0 Å². The van der Waals surface area contributed by atoms with E-state index in [1.54, 1.807) is 11.1 Å². The zero-order chi connectivity index (χ0) is 13.9. The zero-order valence-electron chi connectivity index (χ0n) is 13.2. The fraction of sp³-hybridized carbons (Fsp3) is 0.684. The van der Waals surface area contributed by atoms with Gasteiger partial charge in [-0.3, -0.25) is 0 Å². The van der Waals surface area contributed by atoms with Gasteiger partial charge in [0.15, 0.2) is 0 Å². The summed E-state index contributed by atoms with van der Waals surface area (Å²) in [5.41, 5.74) is 3.39. The van der Waals surface area contributed by atoms with Crippen LogP contribution in [0, 0.1) is 11.8 Å². The van der Waals surface area contributed by atoms with E-state index >= 15 is 0 Å². The average Bonchev–Trinajstić information content (AvgIpc) is 2.37. The normalized spacial score (nSPS) is 24.4. The minimum absolute atomic E-state index is 0.275. The summed E-state index contributed by atoms with van der Waals surface area (Å²) in [7, 11) is 0. The molecule has 1 fully saturated rings. The van der Waals surface area contributed by atoms with Crippen LogP contribution in [0.5, 0.6) is 0 Å². The van der Waals surface area contributed by atoms with Crippen molar-refractivity contribution in [2.45, 2.75) is 71.6 Å². The standard InChI is InChI=1S/C19H30/c1-15-9-11-16(12-10-15)13-14-17-7-5-6-8-18(17)19(2,3)4/h5-8,15-16H,9-14H2,1-4H3. The molecular formula is C19H30. The molecule has 1 aromatic carbocycles. The fourth-order valence-electron chi connectivity index (χ4n) is 3.45. The topological polar surface area (TPSA) is 0 Å². The van der Waals surface area contributed by atoms with Crippen molar-refractivity contribution in [2.75, 3.05) is 0 Å². The second-order valence-corrected chi connectivity index (χ2v) is 7.57. The van der Waals surface area contributed by atoms with Crippen molar-refractivity contribution < 1.29 is 0 Å². The molecule has 106 valence electrons. The summed E-state index contributed by atoms with van der Waals surface area (Å²) in [6.07, 6.45) is 8.47. The van der Waals surface area contributed by atoms with Crippen LogP contribution >= 0.6 is 0 Å². The van der Waals surface area contributed by atoms with Crippen molar-refractivity contribution in [3.8, 4) is 0 Å². The van der Waals surface area contributed by atoms with Gasteiger partial charge in [0.05, 0.1) is 0 Å². The number of hydrogen-bond acceptors (Lipinski definition) is 0. The smallest absolute Gasteiger partial charge is 0.0129 e. The van der Waals surface area contributed by atoms with Gasteiger partial charge in [-0.1, -0.05) is 77.6 Å². The molecule has 0 aliphatic heterocycles. The molecule has 0 radical (unpaired) electrons. The van der Waals surface area contributed by atoms with Gasteiger partial charge in [0.25, 0.3) is 0 Å². The van der Waals surface area contributed by atoms with Crippen LogP contribution in [-0.2, 0) is 11.8 Å². The molecule has 1 saturated carbocycles. The molecule has 0 heterocycles. The van der Waals surface area contributed by atoms with E-state index in [2.05, 4.69) is 52.0 Å². The second kappa shape index (κ2) is 6.11. The Bertz CT molecular complexity index is 389. The summed E-state index contributed by atoms with van der Waals surface area (Å²) < 4.78 is 0. The molecule has 0 unspecified atom stereocenters. The van der Waals surface area contributed by atoms with E-state index in [1.165, 1.54) is 38.5 Å². The van der Waals surface area contributed by atoms with Gasteiger partial charge in [-0.25, -0.2) is 0 Å². The first kappa shape index (κ1) is 14.6. The van der Waals surface area contributed by atoms with E-state index < -0.39 is 0 Å². The molecule has 0 amide bonds. The van der Waals surface area contributed by atoms with Crippen LogP contribution in [-0.4, -0.2) is 0 Å². The summed E-state index contributed by atoms with van der Waals surface area (Å²) in [5.74, 6) is 1.95. The minimum Gasteiger partial charge on any atom is -0.0625 e. The molecule has 0 aromatic heterocycles. The lowest BCUT2D eigenvalue weighted by Crippen LogP contribution is -2.16. The van der Waals surface area contributed by atoms with Crippen molar-refractivity contribution in [1.29, 1.82) is 0 Å². The number of aryl methyl sites for hydroxylation is 1. The Hall–Kier alpha value is -0.780. The molecular weight excluding hydrogens is 228 g/mol. The third-order valence-corrected chi connectivity index (χ3v) is 4.78. The first-order valence-corrected chi connectivity index (χ1v) is 8.05. The maximum atomic E-state index is 2.41. The van der Waals surface area contributed by atoms with Crippen LogP contribution in [0.15, 0.2) is 24.3 Å². The van der Waals surface area contributed by atoms with Crippen LogP contribution in [0.1, 0.15) is 70.9 Å². The molecule has 0 nitrogen and oxygen atoms in total. The van der Waals surface area contributed by atoms with Gasteiger partial charge in [-0.05, 0) is 41.2 Å². The molecule has 1 aliphatic carbocycles. The SMILES string of the molecule is CC1CCC(CCc2ccccc2C(C)(C)C)CC1. The highest BCUT2D eigenvalue weighted by atomic mass is 14.3. The molecule has 2 rings (SSSR count). The van der Waals surface area contributed by atoms with Crippen LogP contribution in [0.25, 0.3) is 0 Å². The Labute approximate surface area is 119 Å². The van der Waals surface area contributed by atoms with E-state index in [0.29, 0.717) is 0 Å². The van der Waals surface area contributed by atoms with E-state index in [-0.39, 0.29) is 5.41 Å². The Kier molecular flexibility index (Phi) is 4.71. The highest BCUT2D eigenvalue weighted by Gasteiger charge is 2.20. The summed E-state index contributed by atoms with van der Waals surface area (Å²) in [5, 5.41) is 0. The summed E-state index contributed by atoms with van der Waals surface area (Å²) in [6.45, 7) is 9.39. The molecule has 19 heavy (non-hydrogen) atoms. The predicted molar refractivity (Wildman–Crippen MR) is 84.6 cm³/mol. The van der Waals surface area contributed by atoms with Crippen LogP contribution < -0.4 is 0 Å². The van der Waals surface area contributed by atoms with Crippen molar-refractivity contribution in [2.24, 2.45) is 11.8 Å². The van der Waals surface area contributed by atoms with Gasteiger partial charge in [-0.2, -0.15) is 0 Å². The molecule has 1 aromatic rings. The molecule has 0 N–H and O–H groups in total. The third kappa shape index (κ3) is 4.09. The van der Waals surface area contributed by atoms with Gasteiger partial charge >= 0.3 is 0 Å². The van der Waals surface area contributed by atoms with Gasteiger partial charge in [-0.15, -0.1) is 0 Å². The highest BCUT2D eigenvalue weighted by molar-refractivity contribution is 5.32. The first-order valence-electron chi connectivity index (χ1n) is 8.05. The summed E-state index contributed by atoms with van der Waals surface area (Å²) in [6, 6.07) is 9.05. The Morgan fingerprint density at radius 3 is 2.26 bits per heavy atom. The Morgan fingerprint density at radius 2 is 1.63 bits per heavy atom. The lowest BCUT2D eigenvalue weighted by molar-refractivity contribution is 0.277. The van der Waals surface area contributed by atoms with Crippen molar-refractivity contribution in [3.63, 3.8) is 0 Å². The maximum Gasteiger partial charge on any atom is -0.0129 e. The van der Waals surface area contributed by atoms with E-state index in [4.69, 9.17) is 0 Å². The van der Waals surface area contributed by atoms with Gasteiger partial charge in [0.2, 0.25) is 0 Å². The summed E-state index contributed by atoms with van der Waals surface area (Å²) in [4.78, 5) is 0. The average molecular weight is 258 g/mol. The molecule has 1 aliphatic rings.